The fourth-order valence-corrected chi connectivity index (χ4v) is 3.22. The summed E-state index contributed by atoms with van der Waals surface area (Å²) in [5, 5.41) is 9.62. The van der Waals surface area contributed by atoms with Crippen LogP contribution in [0.1, 0.15) is 12.5 Å². The van der Waals surface area contributed by atoms with Gasteiger partial charge in [0.05, 0.1) is 46.8 Å². The molecule has 2 fully saturated rings. The number of nitriles is 1. The number of nitrogens with two attached hydrogens (primary N) is 1. The maximum Gasteiger partial charge on any atom is 0.0993 e. The van der Waals surface area contributed by atoms with E-state index in [0.717, 1.165) is 45.1 Å². The van der Waals surface area contributed by atoms with Gasteiger partial charge in [0.25, 0.3) is 0 Å². The second-order valence-electron chi connectivity index (χ2n) is 5.97. The number of nitrogens with zero attached hydrogens (tertiary/aromatic N) is 3. The SMILES string of the molecule is CC1(N2CCN(c3cc(C#N)cc(N)c3Cl)CC2)COC1. The first-order valence-corrected chi connectivity index (χ1v) is 7.48. The van der Waals surface area contributed by atoms with Crippen molar-refractivity contribution >= 4 is 23.0 Å². The molecule has 2 aliphatic heterocycles. The molecule has 112 valence electrons. The third-order valence-corrected chi connectivity index (χ3v) is 4.83. The summed E-state index contributed by atoms with van der Waals surface area (Å²) in [6.07, 6.45) is 0. The number of hydrogen-bond donors (Lipinski definition) is 1. The number of hydrogen-bond acceptors (Lipinski definition) is 5. The second-order valence-corrected chi connectivity index (χ2v) is 6.35. The van der Waals surface area contributed by atoms with E-state index in [4.69, 9.17) is 27.3 Å². The van der Waals surface area contributed by atoms with Crippen LogP contribution in [0.4, 0.5) is 11.4 Å². The molecule has 2 aliphatic rings. The lowest BCUT2D eigenvalue weighted by Gasteiger charge is -2.50. The van der Waals surface area contributed by atoms with E-state index in [9.17, 15) is 0 Å². The van der Waals surface area contributed by atoms with Crippen LogP contribution < -0.4 is 10.6 Å². The Morgan fingerprint density at radius 3 is 2.48 bits per heavy atom. The van der Waals surface area contributed by atoms with Crippen molar-refractivity contribution in [3.8, 4) is 6.07 Å². The minimum Gasteiger partial charge on any atom is -0.397 e. The molecule has 3 rings (SSSR count). The van der Waals surface area contributed by atoms with Crippen molar-refractivity contribution in [2.45, 2.75) is 12.5 Å². The Bertz CT molecular complexity index is 586. The highest BCUT2D eigenvalue weighted by Gasteiger charge is 2.40. The minimum absolute atomic E-state index is 0.184. The largest absolute Gasteiger partial charge is 0.397 e. The van der Waals surface area contributed by atoms with Crippen LogP contribution >= 0.6 is 11.6 Å². The van der Waals surface area contributed by atoms with Gasteiger partial charge < -0.3 is 15.4 Å². The smallest absolute Gasteiger partial charge is 0.0993 e. The summed E-state index contributed by atoms with van der Waals surface area (Å²) in [4.78, 5) is 4.68. The molecule has 0 unspecified atom stereocenters. The van der Waals surface area contributed by atoms with Crippen LogP contribution in [0.2, 0.25) is 5.02 Å². The summed E-state index contributed by atoms with van der Waals surface area (Å²) in [7, 11) is 0. The standard InChI is InChI=1S/C15H19ClN4O/c1-15(9-21-10-15)20-4-2-19(3-5-20)13-7-11(8-17)6-12(18)14(13)16/h6-7H,2-5,9-10,18H2,1H3. The topological polar surface area (TPSA) is 65.5 Å². The van der Waals surface area contributed by atoms with Crippen molar-refractivity contribution in [3.63, 3.8) is 0 Å². The highest BCUT2D eigenvalue weighted by atomic mass is 35.5. The lowest BCUT2D eigenvalue weighted by atomic mass is 9.97. The van der Waals surface area contributed by atoms with Gasteiger partial charge in [-0.05, 0) is 19.1 Å². The zero-order valence-electron chi connectivity index (χ0n) is 12.1. The van der Waals surface area contributed by atoms with Crippen LogP contribution in [0.3, 0.4) is 0 Å². The first-order chi connectivity index (χ1) is 10.0. The summed E-state index contributed by atoms with van der Waals surface area (Å²) in [6, 6.07) is 5.58. The first kappa shape index (κ1) is 14.5. The zero-order chi connectivity index (χ0) is 15.0. The molecule has 0 saturated carbocycles. The summed E-state index contributed by atoms with van der Waals surface area (Å²) in [5.41, 5.74) is 7.96. The molecule has 0 atom stereocenters. The average molecular weight is 307 g/mol. The molecule has 0 amide bonds. The Morgan fingerprint density at radius 1 is 1.29 bits per heavy atom. The van der Waals surface area contributed by atoms with E-state index in [2.05, 4.69) is 22.8 Å². The van der Waals surface area contributed by atoms with Crippen LogP contribution in [0.5, 0.6) is 0 Å². The maximum atomic E-state index is 9.07. The van der Waals surface area contributed by atoms with Gasteiger partial charge in [-0.2, -0.15) is 5.26 Å². The molecule has 0 spiro atoms. The number of nitrogen functional groups attached to an aromatic ring is 1. The summed E-state index contributed by atoms with van der Waals surface area (Å²) < 4.78 is 5.34. The minimum atomic E-state index is 0.184. The first-order valence-electron chi connectivity index (χ1n) is 7.10. The van der Waals surface area contributed by atoms with Crippen molar-refractivity contribution in [2.24, 2.45) is 0 Å². The van der Waals surface area contributed by atoms with Gasteiger partial charge in [0.1, 0.15) is 0 Å². The van der Waals surface area contributed by atoms with Crippen molar-refractivity contribution in [2.75, 3.05) is 50.0 Å². The molecule has 5 nitrogen and oxygen atoms in total. The van der Waals surface area contributed by atoms with E-state index in [1.54, 1.807) is 6.07 Å². The molecular formula is C15H19ClN4O. The summed E-state index contributed by atoms with van der Waals surface area (Å²) >= 11 is 6.31. The number of anilines is 2. The third-order valence-electron chi connectivity index (χ3n) is 4.42. The predicted octanol–water partition coefficient (Wildman–Crippen LogP) is 1.70. The van der Waals surface area contributed by atoms with Gasteiger partial charge in [-0.15, -0.1) is 0 Å². The fourth-order valence-electron chi connectivity index (χ4n) is 2.99. The molecule has 0 bridgehead atoms. The number of piperazine rings is 1. The Kier molecular flexibility index (Phi) is 3.70. The van der Waals surface area contributed by atoms with Gasteiger partial charge in [-0.1, -0.05) is 11.6 Å². The third kappa shape index (κ3) is 2.55. The van der Waals surface area contributed by atoms with Crippen LogP contribution in [0, 0.1) is 11.3 Å². The van der Waals surface area contributed by atoms with E-state index in [0.29, 0.717) is 16.3 Å². The Hall–Kier alpha value is -1.48. The van der Waals surface area contributed by atoms with Crippen molar-refractivity contribution in [1.82, 2.24) is 4.90 Å². The van der Waals surface area contributed by atoms with Crippen LogP contribution in [-0.4, -0.2) is 49.8 Å². The molecule has 2 saturated heterocycles. The fraction of sp³-hybridized carbons (Fsp3) is 0.533. The Labute approximate surface area is 129 Å². The number of ether oxygens (including phenoxy) is 1. The molecule has 2 N–H and O–H groups in total. The van der Waals surface area contributed by atoms with Crippen LogP contribution in [-0.2, 0) is 4.74 Å². The van der Waals surface area contributed by atoms with Gasteiger partial charge in [-0.3, -0.25) is 4.90 Å². The Balaban J connectivity index is 1.75. The molecule has 2 heterocycles. The van der Waals surface area contributed by atoms with Crippen LogP contribution in [0.25, 0.3) is 0 Å². The predicted molar refractivity (Wildman–Crippen MR) is 83.6 cm³/mol. The molecule has 21 heavy (non-hydrogen) atoms. The number of halogens is 1. The van der Waals surface area contributed by atoms with Gasteiger partial charge in [0, 0.05) is 26.2 Å². The van der Waals surface area contributed by atoms with Gasteiger partial charge in [0.2, 0.25) is 0 Å². The second kappa shape index (κ2) is 5.38. The van der Waals surface area contributed by atoms with Gasteiger partial charge in [0.15, 0.2) is 0 Å². The molecule has 1 aromatic rings. The highest BCUT2D eigenvalue weighted by Crippen LogP contribution is 2.34. The summed E-state index contributed by atoms with van der Waals surface area (Å²) in [6.45, 7) is 7.55. The lowest BCUT2D eigenvalue weighted by molar-refractivity contribution is -0.131. The molecule has 6 heteroatoms. The van der Waals surface area contributed by atoms with E-state index >= 15 is 0 Å². The summed E-state index contributed by atoms with van der Waals surface area (Å²) in [5.74, 6) is 0. The normalized spacial score (nSPS) is 21.7. The maximum absolute atomic E-state index is 9.07. The molecule has 0 aromatic heterocycles. The van der Waals surface area contributed by atoms with E-state index < -0.39 is 0 Å². The highest BCUT2D eigenvalue weighted by molar-refractivity contribution is 6.35. The van der Waals surface area contributed by atoms with Crippen LogP contribution in [0.15, 0.2) is 12.1 Å². The van der Waals surface area contributed by atoms with Gasteiger partial charge in [-0.25, -0.2) is 0 Å². The molecule has 1 aromatic carbocycles. The number of benzene rings is 1. The van der Waals surface area contributed by atoms with Crippen molar-refractivity contribution in [3.05, 3.63) is 22.7 Å². The Morgan fingerprint density at radius 2 is 1.95 bits per heavy atom. The lowest BCUT2D eigenvalue weighted by Crippen LogP contribution is -2.64. The van der Waals surface area contributed by atoms with E-state index in [-0.39, 0.29) is 5.54 Å². The van der Waals surface area contributed by atoms with Crippen molar-refractivity contribution < 1.29 is 4.74 Å². The quantitative estimate of drug-likeness (QED) is 0.843. The average Bonchev–Trinajstić information content (AvgIpc) is 2.47. The van der Waals surface area contributed by atoms with Crippen molar-refractivity contribution in [1.29, 1.82) is 5.26 Å². The monoisotopic (exact) mass is 306 g/mol. The van der Waals surface area contributed by atoms with E-state index in [1.807, 2.05) is 6.07 Å². The molecular weight excluding hydrogens is 288 g/mol. The zero-order valence-corrected chi connectivity index (χ0v) is 12.9. The van der Waals surface area contributed by atoms with E-state index in [1.165, 1.54) is 0 Å². The molecule has 0 aliphatic carbocycles. The molecule has 0 radical (unpaired) electrons. The number of rotatable bonds is 2. The van der Waals surface area contributed by atoms with Gasteiger partial charge >= 0.3 is 0 Å².